The Morgan fingerprint density at radius 3 is 2.89 bits per heavy atom. The van der Waals surface area contributed by atoms with Gasteiger partial charge in [-0.25, -0.2) is 13.4 Å². The van der Waals surface area contributed by atoms with Gasteiger partial charge in [0.2, 0.25) is 0 Å². The largest absolute Gasteiger partial charge is 0.395 e. The van der Waals surface area contributed by atoms with Crippen molar-refractivity contribution in [1.82, 2.24) is 13.9 Å². The minimum Gasteiger partial charge on any atom is -0.395 e. The topological polar surface area (TPSA) is 75.4 Å². The number of aliphatic hydroxyl groups excluding tert-OH is 1. The van der Waals surface area contributed by atoms with Crippen molar-refractivity contribution in [3.05, 3.63) is 12.0 Å². The Morgan fingerprint density at radius 1 is 1.53 bits per heavy atom. The van der Waals surface area contributed by atoms with Crippen LogP contribution in [0.1, 0.15) is 32.0 Å². The van der Waals surface area contributed by atoms with Gasteiger partial charge in [0.25, 0.3) is 10.0 Å². The first kappa shape index (κ1) is 14.5. The maximum absolute atomic E-state index is 12.5. The molecule has 1 N–H and O–H groups in total. The van der Waals surface area contributed by atoms with E-state index in [1.165, 1.54) is 4.31 Å². The van der Waals surface area contributed by atoms with E-state index in [0.29, 0.717) is 18.8 Å². The maximum Gasteiger partial charge on any atom is 0.262 e. The lowest BCUT2D eigenvalue weighted by atomic mass is 10.2. The van der Waals surface area contributed by atoms with Crippen molar-refractivity contribution in [2.24, 2.45) is 0 Å². The van der Waals surface area contributed by atoms with Crippen molar-refractivity contribution >= 4 is 10.0 Å². The smallest absolute Gasteiger partial charge is 0.262 e. The molecule has 0 aliphatic carbocycles. The molecule has 7 heteroatoms. The van der Waals surface area contributed by atoms with E-state index in [1.807, 2.05) is 18.4 Å². The lowest BCUT2D eigenvalue weighted by molar-refractivity contribution is 0.213. The summed E-state index contributed by atoms with van der Waals surface area (Å²) in [7, 11) is -3.58. The minimum absolute atomic E-state index is 0.0961. The van der Waals surface area contributed by atoms with E-state index in [-0.39, 0.29) is 17.7 Å². The van der Waals surface area contributed by atoms with Crippen LogP contribution in [-0.4, -0.2) is 46.6 Å². The fraction of sp³-hybridized carbons (Fsp3) is 0.750. The molecule has 2 heterocycles. The van der Waals surface area contributed by atoms with E-state index in [0.717, 1.165) is 19.4 Å². The van der Waals surface area contributed by atoms with Gasteiger partial charge in [0.15, 0.2) is 5.03 Å². The number of aromatic nitrogens is 2. The summed E-state index contributed by atoms with van der Waals surface area (Å²) in [6, 6.07) is -0.304. The molecule has 0 aromatic carbocycles. The molecule has 1 fully saturated rings. The molecule has 0 spiro atoms. The molecule has 2 rings (SSSR count). The summed E-state index contributed by atoms with van der Waals surface area (Å²) >= 11 is 0. The number of aliphatic hydroxyl groups is 1. The molecule has 1 aliphatic heterocycles. The number of sulfonamides is 1. The molecule has 1 aromatic heterocycles. The van der Waals surface area contributed by atoms with Gasteiger partial charge in [-0.1, -0.05) is 6.92 Å². The van der Waals surface area contributed by atoms with Gasteiger partial charge in [0.1, 0.15) is 5.82 Å². The van der Waals surface area contributed by atoms with Crippen LogP contribution in [0.4, 0.5) is 0 Å². The monoisotopic (exact) mass is 287 g/mol. The molecule has 1 saturated heterocycles. The van der Waals surface area contributed by atoms with Crippen LogP contribution in [0.2, 0.25) is 0 Å². The quantitative estimate of drug-likeness (QED) is 0.867. The molecular formula is C12H21N3O3S. The van der Waals surface area contributed by atoms with E-state index < -0.39 is 10.0 Å². The van der Waals surface area contributed by atoms with Gasteiger partial charge in [0.05, 0.1) is 6.61 Å². The normalized spacial score (nSPS) is 21.1. The lowest BCUT2D eigenvalue weighted by Crippen LogP contribution is -2.37. The second kappa shape index (κ2) is 5.60. The average Bonchev–Trinajstić information content (AvgIpc) is 2.97. The van der Waals surface area contributed by atoms with E-state index in [2.05, 4.69) is 4.98 Å². The predicted molar refractivity (Wildman–Crippen MR) is 71.3 cm³/mol. The Bertz CT molecular complexity index is 538. The highest BCUT2D eigenvalue weighted by atomic mass is 32.2. The summed E-state index contributed by atoms with van der Waals surface area (Å²) in [5, 5.41) is 9.36. The van der Waals surface area contributed by atoms with Gasteiger partial charge in [-0.2, -0.15) is 4.31 Å². The Balaban J connectivity index is 2.31. The summed E-state index contributed by atoms with van der Waals surface area (Å²) in [5.74, 6) is 0.708. The summed E-state index contributed by atoms with van der Waals surface area (Å²) in [5.41, 5.74) is 0. The molecule has 1 aliphatic rings. The van der Waals surface area contributed by atoms with E-state index in [1.54, 1.807) is 6.20 Å². The zero-order chi connectivity index (χ0) is 14.0. The number of imidazole rings is 1. The lowest BCUT2D eigenvalue weighted by Gasteiger charge is -2.20. The molecule has 6 nitrogen and oxygen atoms in total. The maximum atomic E-state index is 12.5. The van der Waals surface area contributed by atoms with Crippen LogP contribution >= 0.6 is 0 Å². The molecule has 0 saturated carbocycles. The number of hydrogen-bond donors (Lipinski definition) is 1. The molecule has 108 valence electrons. The Hall–Kier alpha value is -0.920. The van der Waals surface area contributed by atoms with E-state index in [4.69, 9.17) is 0 Å². The second-order valence-corrected chi connectivity index (χ2v) is 6.75. The SMILES string of the molecule is CCCn1cc(S(=O)(=O)N2CCC[C@@H]2CO)nc1C. The standard InChI is InChI=1S/C12H21N3O3S/c1-3-6-14-8-12(13-10(14)2)19(17,18)15-7-4-5-11(15)9-16/h8,11,16H,3-7,9H2,1-2H3/t11-/m1/s1. The molecule has 0 radical (unpaired) electrons. The highest BCUT2D eigenvalue weighted by molar-refractivity contribution is 7.89. The van der Waals surface area contributed by atoms with Gasteiger partial charge in [-0.05, 0) is 26.2 Å². The molecule has 0 unspecified atom stereocenters. The number of hydrogen-bond acceptors (Lipinski definition) is 4. The first-order chi connectivity index (χ1) is 9.00. The van der Waals surface area contributed by atoms with Crippen LogP contribution in [0, 0.1) is 6.92 Å². The fourth-order valence-corrected chi connectivity index (χ4v) is 4.18. The Morgan fingerprint density at radius 2 is 2.26 bits per heavy atom. The van der Waals surface area contributed by atoms with Gasteiger partial charge in [-0.3, -0.25) is 0 Å². The molecule has 0 bridgehead atoms. The van der Waals surface area contributed by atoms with Crippen LogP contribution in [0.5, 0.6) is 0 Å². The highest BCUT2D eigenvalue weighted by Gasteiger charge is 2.36. The molecular weight excluding hydrogens is 266 g/mol. The zero-order valence-corrected chi connectivity index (χ0v) is 12.2. The summed E-state index contributed by atoms with van der Waals surface area (Å²) in [4.78, 5) is 4.17. The van der Waals surface area contributed by atoms with Gasteiger partial charge in [0, 0.05) is 25.3 Å². The summed E-state index contributed by atoms with van der Waals surface area (Å²) in [6.45, 7) is 4.94. The summed E-state index contributed by atoms with van der Waals surface area (Å²) < 4.78 is 28.3. The third kappa shape index (κ3) is 2.68. The van der Waals surface area contributed by atoms with Gasteiger partial charge >= 0.3 is 0 Å². The average molecular weight is 287 g/mol. The Labute approximate surface area is 114 Å². The van der Waals surface area contributed by atoms with Crippen molar-refractivity contribution in [3.63, 3.8) is 0 Å². The van der Waals surface area contributed by atoms with Gasteiger partial charge in [-0.15, -0.1) is 0 Å². The van der Waals surface area contributed by atoms with Crippen molar-refractivity contribution in [2.45, 2.75) is 50.7 Å². The predicted octanol–water partition coefficient (Wildman–Crippen LogP) is 0.747. The van der Waals surface area contributed by atoms with Crippen LogP contribution < -0.4 is 0 Å². The third-order valence-corrected chi connectivity index (χ3v) is 5.35. The molecule has 0 amide bonds. The molecule has 1 aromatic rings. The van der Waals surface area contributed by atoms with Crippen molar-refractivity contribution in [2.75, 3.05) is 13.2 Å². The van der Waals surface area contributed by atoms with Crippen molar-refractivity contribution in [1.29, 1.82) is 0 Å². The first-order valence-electron chi connectivity index (χ1n) is 6.67. The number of rotatable bonds is 5. The first-order valence-corrected chi connectivity index (χ1v) is 8.11. The van der Waals surface area contributed by atoms with E-state index >= 15 is 0 Å². The molecule has 19 heavy (non-hydrogen) atoms. The van der Waals surface area contributed by atoms with E-state index in [9.17, 15) is 13.5 Å². The van der Waals surface area contributed by atoms with Crippen LogP contribution in [0.15, 0.2) is 11.2 Å². The second-order valence-electron chi connectivity index (χ2n) is 4.91. The van der Waals surface area contributed by atoms with Crippen LogP contribution in [-0.2, 0) is 16.6 Å². The number of aryl methyl sites for hydroxylation is 2. The highest BCUT2D eigenvalue weighted by Crippen LogP contribution is 2.25. The minimum atomic E-state index is -3.58. The van der Waals surface area contributed by atoms with Crippen LogP contribution in [0.25, 0.3) is 0 Å². The Kier molecular flexibility index (Phi) is 4.27. The fourth-order valence-electron chi connectivity index (χ4n) is 2.50. The molecule has 1 atom stereocenters. The van der Waals surface area contributed by atoms with Crippen molar-refractivity contribution in [3.8, 4) is 0 Å². The third-order valence-electron chi connectivity index (χ3n) is 3.53. The summed E-state index contributed by atoms with van der Waals surface area (Å²) in [6.07, 6.45) is 4.03. The van der Waals surface area contributed by atoms with Crippen LogP contribution in [0.3, 0.4) is 0 Å². The van der Waals surface area contributed by atoms with Crippen molar-refractivity contribution < 1.29 is 13.5 Å². The number of nitrogens with zero attached hydrogens (tertiary/aromatic N) is 3. The van der Waals surface area contributed by atoms with Gasteiger partial charge < -0.3 is 9.67 Å². The zero-order valence-electron chi connectivity index (χ0n) is 11.4.